The lowest BCUT2D eigenvalue weighted by Gasteiger charge is -2.09. The molecule has 2 aromatic heterocycles. The molecule has 0 radical (unpaired) electrons. The van der Waals surface area contributed by atoms with Crippen LogP contribution in [0.15, 0.2) is 61.6 Å². The Morgan fingerprint density at radius 3 is 2.82 bits per heavy atom. The Bertz CT molecular complexity index is 1020. The van der Waals surface area contributed by atoms with Gasteiger partial charge in [-0.2, -0.15) is 10.1 Å². The molecule has 2 amide bonds. The molecule has 0 aliphatic rings. The molecule has 3 aromatic rings. The highest BCUT2D eigenvalue weighted by molar-refractivity contribution is 5.99. The van der Waals surface area contributed by atoms with E-state index in [2.05, 4.69) is 37.6 Å². The van der Waals surface area contributed by atoms with Gasteiger partial charge in [0.2, 0.25) is 11.9 Å². The van der Waals surface area contributed by atoms with Crippen LogP contribution in [-0.2, 0) is 11.8 Å². The zero-order valence-corrected chi connectivity index (χ0v) is 14.9. The Morgan fingerprint density at radius 1 is 1.21 bits per heavy atom. The van der Waals surface area contributed by atoms with Crippen LogP contribution >= 0.6 is 0 Å². The van der Waals surface area contributed by atoms with Gasteiger partial charge in [-0.05, 0) is 24.3 Å². The molecule has 0 aliphatic heterocycles. The number of carbonyl (C=O) groups is 2. The Labute approximate surface area is 160 Å². The summed E-state index contributed by atoms with van der Waals surface area (Å²) in [6.07, 6.45) is 5.28. The van der Waals surface area contributed by atoms with Crippen molar-refractivity contribution < 1.29 is 14.3 Å². The monoisotopic (exact) mass is 379 g/mol. The lowest BCUT2D eigenvalue weighted by Crippen LogP contribution is -2.18. The molecule has 0 saturated heterocycles. The number of amides is 2. The van der Waals surface area contributed by atoms with Crippen LogP contribution in [0, 0.1) is 0 Å². The number of anilines is 4. The quantitative estimate of drug-likeness (QED) is 0.563. The first-order valence-electron chi connectivity index (χ1n) is 8.13. The van der Waals surface area contributed by atoms with Crippen molar-refractivity contribution in [1.82, 2.24) is 19.7 Å². The summed E-state index contributed by atoms with van der Waals surface area (Å²) < 4.78 is 6.85. The van der Waals surface area contributed by atoms with E-state index in [1.165, 1.54) is 18.3 Å². The van der Waals surface area contributed by atoms with Crippen LogP contribution in [0.25, 0.3) is 0 Å². The predicted molar refractivity (Wildman–Crippen MR) is 103 cm³/mol. The molecular formula is C18H17N7O3. The van der Waals surface area contributed by atoms with E-state index in [0.717, 1.165) is 6.08 Å². The molecule has 0 aliphatic carbocycles. The number of aryl methyl sites for hydroxylation is 1. The maximum Gasteiger partial charge on any atom is 0.418 e. The summed E-state index contributed by atoms with van der Waals surface area (Å²) in [5, 5.41) is 12.1. The highest BCUT2D eigenvalue weighted by atomic mass is 16.6. The maximum atomic E-state index is 12.1. The lowest BCUT2D eigenvalue weighted by atomic mass is 10.3. The molecule has 2 heterocycles. The van der Waals surface area contributed by atoms with E-state index < -0.39 is 6.09 Å². The standard InChI is InChI=1S/C18H17N7O3/c1-3-16(26)21-12-5-4-6-14(9-12)28-18(27)24-15-7-8-19-17(23-15)22-13-10-20-25(2)11-13/h3-11H,1H2,2H3,(H,21,26)(H2,19,22,23,24,27). The van der Waals surface area contributed by atoms with Gasteiger partial charge in [0.05, 0.1) is 11.9 Å². The van der Waals surface area contributed by atoms with Crippen molar-refractivity contribution in [2.75, 3.05) is 16.0 Å². The SMILES string of the molecule is C=CC(=O)Nc1cccc(OC(=O)Nc2ccnc(Nc3cnn(C)c3)n2)c1. The number of ether oxygens (including phenoxy) is 1. The number of aromatic nitrogens is 4. The highest BCUT2D eigenvalue weighted by Gasteiger charge is 2.09. The van der Waals surface area contributed by atoms with Crippen LogP contribution in [0.3, 0.4) is 0 Å². The Balaban J connectivity index is 1.62. The van der Waals surface area contributed by atoms with E-state index >= 15 is 0 Å². The number of rotatable bonds is 6. The molecule has 0 atom stereocenters. The molecule has 0 spiro atoms. The average Bonchev–Trinajstić information content (AvgIpc) is 3.06. The zero-order chi connectivity index (χ0) is 19.9. The second-order valence-corrected chi connectivity index (χ2v) is 5.53. The number of nitrogens with zero attached hydrogens (tertiary/aromatic N) is 4. The van der Waals surface area contributed by atoms with Crippen LogP contribution in [-0.4, -0.2) is 31.7 Å². The smallest absolute Gasteiger partial charge is 0.410 e. The predicted octanol–water partition coefficient (Wildman–Crippen LogP) is 2.69. The first-order valence-corrected chi connectivity index (χ1v) is 8.13. The fraction of sp³-hybridized carbons (Fsp3) is 0.0556. The minimum absolute atomic E-state index is 0.252. The topological polar surface area (TPSA) is 123 Å². The second kappa shape index (κ2) is 8.45. The lowest BCUT2D eigenvalue weighted by molar-refractivity contribution is -0.111. The number of hydrogen-bond donors (Lipinski definition) is 3. The molecule has 28 heavy (non-hydrogen) atoms. The van der Waals surface area contributed by atoms with E-state index in [4.69, 9.17) is 4.74 Å². The minimum Gasteiger partial charge on any atom is -0.410 e. The van der Waals surface area contributed by atoms with Gasteiger partial charge >= 0.3 is 6.09 Å². The van der Waals surface area contributed by atoms with Gasteiger partial charge in [0, 0.05) is 31.2 Å². The Morgan fingerprint density at radius 2 is 2.07 bits per heavy atom. The number of carbonyl (C=O) groups excluding carboxylic acids is 2. The van der Waals surface area contributed by atoms with Crippen LogP contribution in [0.5, 0.6) is 5.75 Å². The average molecular weight is 379 g/mol. The summed E-state index contributed by atoms with van der Waals surface area (Å²) in [6, 6.07) is 7.92. The van der Waals surface area contributed by atoms with Gasteiger partial charge in [-0.1, -0.05) is 12.6 Å². The Hall–Kier alpha value is -4.21. The summed E-state index contributed by atoms with van der Waals surface area (Å²) >= 11 is 0. The summed E-state index contributed by atoms with van der Waals surface area (Å²) in [4.78, 5) is 31.7. The molecule has 0 fully saturated rings. The van der Waals surface area contributed by atoms with Crippen molar-refractivity contribution in [3.8, 4) is 5.75 Å². The zero-order valence-electron chi connectivity index (χ0n) is 14.9. The summed E-state index contributed by atoms with van der Waals surface area (Å²) in [5.41, 5.74) is 1.18. The van der Waals surface area contributed by atoms with Gasteiger partial charge in [-0.25, -0.2) is 9.78 Å². The van der Waals surface area contributed by atoms with Gasteiger partial charge in [0.15, 0.2) is 0 Å². The first-order chi connectivity index (χ1) is 13.5. The van der Waals surface area contributed by atoms with Crippen molar-refractivity contribution >= 4 is 35.1 Å². The molecule has 142 valence electrons. The van der Waals surface area contributed by atoms with Gasteiger partial charge < -0.3 is 15.4 Å². The molecule has 10 nitrogen and oxygen atoms in total. The van der Waals surface area contributed by atoms with Crippen molar-refractivity contribution in [1.29, 1.82) is 0 Å². The summed E-state index contributed by atoms with van der Waals surface area (Å²) in [5.74, 6) is 0.431. The van der Waals surface area contributed by atoms with Crippen LogP contribution in [0.2, 0.25) is 0 Å². The Kier molecular flexibility index (Phi) is 5.60. The number of hydrogen-bond acceptors (Lipinski definition) is 7. The molecule has 0 bridgehead atoms. The molecule has 3 N–H and O–H groups in total. The van der Waals surface area contributed by atoms with E-state index in [0.29, 0.717) is 17.3 Å². The molecule has 3 rings (SSSR count). The van der Waals surface area contributed by atoms with Crippen molar-refractivity contribution in [3.63, 3.8) is 0 Å². The van der Waals surface area contributed by atoms with Gasteiger partial charge in [-0.3, -0.25) is 14.8 Å². The largest absolute Gasteiger partial charge is 0.418 e. The fourth-order valence-electron chi connectivity index (χ4n) is 2.17. The second-order valence-electron chi connectivity index (χ2n) is 5.53. The van der Waals surface area contributed by atoms with Crippen LogP contribution in [0.4, 0.5) is 27.9 Å². The van der Waals surface area contributed by atoms with E-state index in [-0.39, 0.29) is 17.5 Å². The van der Waals surface area contributed by atoms with Gasteiger partial charge in [0.25, 0.3) is 0 Å². The third kappa shape index (κ3) is 5.14. The summed E-state index contributed by atoms with van der Waals surface area (Å²) in [6.45, 7) is 3.38. The van der Waals surface area contributed by atoms with Gasteiger partial charge in [-0.15, -0.1) is 0 Å². The van der Waals surface area contributed by atoms with Crippen LogP contribution in [0.1, 0.15) is 0 Å². The van der Waals surface area contributed by atoms with Gasteiger partial charge in [0.1, 0.15) is 11.6 Å². The molecular weight excluding hydrogens is 362 g/mol. The third-order valence-electron chi connectivity index (χ3n) is 3.34. The molecule has 10 heteroatoms. The van der Waals surface area contributed by atoms with E-state index in [9.17, 15) is 9.59 Å². The molecule has 0 unspecified atom stereocenters. The van der Waals surface area contributed by atoms with Crippen LogP contribution < -0.4 is 20.7 Å². The minimum atomic E-state index is -0.738. The third-order valence-corrected chi connectivity index (χ3v) is 3.34. The van der Waals surface area contributed by atoms with Crippen molar-refractivity contribution in [3.05, 3.63) is 61.6 Å². The van der Waals surface area contributed by atoms with E-state index in [1.807, 2.05) is 0 Å². The fourth-order valence-corrected chi connectivity index (χ4v) is 2.17. The van der Waals surface area contributed by atoms with Crippen molar-refractivity contribution in [2.45, 2.75) is 0 Å². The van der Waals surface area contributed by atoms with E-state index in [1.54, 1.807) is 42.3 Å². The summed E-state index contributed by atoms with van der Waals surface area (Å²) in [7, 11) is 1.79. The highest BCUT2D eigenvalue weighted by Crippen LogP contribution is 2.18. The maximum absolute atomic E-state index is 12.1. The molecule has 0 saturated carbocycles. The molecule has 1 aromatic carbocycles. The number of benzene rings is 1. The first kappa shape index (κ1) is 18.6. The van der Waals surface area contributed by atoms with Crippen molar-refractivity contribution in [2.24, 2.45) is 7.05 Å². The normalized spacial score (nSPS) is 10.0. The number of nitrogens with one attached hydrogen (secondary N) is 3.